The zero-order chi connectivity index (χ0) is 20.3. The van der Waals surface area contributed by atoms with Crippen molar-refractivity contribution in [1.29, 1.82) is 0 Å². The molecule has 0 spiro atoms. The molecular weight excluding hydrogens is 346 g/mol. The van der Waals surface area contributed by atoms with Gasteiger partial charge in [0, 0.05) is 18.6 Å². The molecule has 0 N–H and O–H groups in total. The number of hydrogen-bond donors (Lipinski definition) is 0. The number of fused-ring (bicyclic) bond motifs is 3. The van der Waals surface area contributed by atoms with Crippen LogP contribution in [-0.2, 0) is 0 Å². The highest BCUT2D eigenvalue weighted by atomic mass is 16.5. The number of rotatable bonds is 6. The lowest BCUT2D eigenvalue weighted by Gasteiger charge is -2.32. The number of para-hydroxylation sites is 1. The Morgan fingerprint density at radius 3 is 2.64 bits per heavy atom. The molecule has 0 saturated carbocycles. The molecular formula is C25H31NO2. The van der Waals surface area contributed by atoms with Crippen LogP contribution in [0.15, 0.2) is 53.6 Å². The van der Waals surface area contributed by atoms with E-state index in [2.05, 4.69) is 52.0 Å². The van der Waals surface area contributed by atoms with Gasteiger partial charge in [0.15, 0.2) is 5.75 Å². The summed E-state index contributed by atoms with van der Waals surface area (Å²) in [5.41, 5.74) is 4.71. The lowest BCUT2D eigenvalue weighted by Crippen LogP contribution is -2.37. The predicted molar refractivity (Wildman–Crippen MR) is 117 cm³/mol. The zero-order valence-electron chi connectivity index (χ0n) is 17.7. The van der Waals surface area contributed by atoms with Crippen molar-refractivity contribution in [1.82, 2.24) is 0 Å². The van der Waals surface area contributed by atoms with E-state index in [0.717, 1.165) is 41.4 Å². The standard InChI is InChI=1S/C25H31NO2/c1-18(2)10-8-11-19(3)12-9-16-25(5)17-15-22-21-13-6-7-14-23(21)26(27)20(4)24(22)28-25/h6-7,10,12-15,17H,8-9,11,16H2,1-5H3/t25-/m0/s1. The summed E-state index contributed by atoms with van der Waals surface area (Å²) in [6.07, 6.45) is 12.9. The molecule has 0 fully saturated rings. The van der Waals surface area contributed by atoms with E-state index in [0.29, 0.717) is 17.0 Å². The molecule has 28 heavy (non-hydrogen) atoms. The third-order valence-electron chi connectivity index (χ3n) is 5.45. The van der Waals surface area contributed by atoms with Gasteiger partial charge in [0.1, 0.15) is 5.60 Å². The van der Waals surface area contributed by atoms with Crippen molar-refractivity contribution in [3.05, 3.63) is 70.1 Å². The fourth-order valence-corrected chi connectivity index (χ4v) is 3.72. The van der Waals surface area contributed by atoms with Crippen molar-refractivity contribution >= 4 is 17.0 Å². The molecule has 1 aliphatic rings. The van der Waals surface area contributed by atoms with Crippen molar-refractivity contribution < 1.29 is 9.47 Å². The summed E-state index contributed by atoms with van der Waals surface area (Å²) in [7, 11) is 0. The Morgan fingerprint density at radius 2 is 1.89 bits per heavy atom. The number of allylic oxidation sites excluding steroid dienone is 4. The second-order valence-corrected chi connectivity index (χ2v) is 8.30. The van der Waals surface area contributed by atoms with Crippen LogP contribution in [0, 0.1) is 12.1 Å². The molecule has 0 saturated heterocycles. The quantitative estimate of drug-likeness (QED) is 0.331. The Kier molecular flexibility index (Phi) is 5.93. The molecule has 148 valence electrons. The normalized spacial score (nSPS) is 18.7. The predicted octanol–water partition coefficient (Wildman–Crippen LogP) is 6.42. The molecule has 1 aromatic carbocycles. The SMILES string of the molecule is CC(C)=CCCC(C)=CCC[C@@]1(C)C=Cc2c(c(C)[n+]([O-])c3ccccc23)O1. The number of aromatic nitrogens is 1. The topological polar surface area (TPSA) is 36.2 Å². The molecule has 3 heteroatoms. The highest BCUT2D eigenvalue weighted by molar-refractivity contribution is 5.89. The summed E-state index contributed by atoms with van der Waals surface area (Å²) in [6, 6.07) is 7.70. The average molecular weight is 378 g/mol. The highest BCUT2D eigenvalue weighted by Gasteiger charge is 2.32. The smallest absolute Gasteiger partial charge is 0.232 e. The summed E-state index contributed by atoms with van der Waals surface area (Å²) in [5, 5.41) is 13.6. The minimum atomic E-state index is -0.399. The van der Waals surface area contributed by atoms with Crippen LogP contribution in [0.4, 0.5) is 0 Å². The van der Waals surface area contributed by atoms with Crippen LogP contribution in [0.3, 0.4) is 0 Å². The van der Waals surface area contributed by atoms with E-state index in [1.807, 2.05) is 31.2 Å². The Morgan fingerprint density at radius 1 is 1.14 bits per heavy atom. The van der Waals surface area contributed by atoms with Gasteiger partial charge >= 0.3 is 0 Å². The second kappa shape index (κ2) is 8.22. The van der Waals surface area contributed by atoms with Gasteiger partial charge in [-0.25, -0.2) is 0 Å². The second-order valence-electron chi connectivity index (χ2n) is 8.30. The largest absolute Gasteiger partial charge is 0.618 e. The molecule has 0 unspecified atom stereocenters. The number of benzene rings is 1. The first-order valence-electron chi connectivity index (χ1n) is 10.1. The van der Waals surface area contributed by atoms with Gasteiger partial charge in [-0.3, -0.25) is 0 Å². The Labute approximate surface area is 168 Å². The van der Waals surface area contributed by atoms with Gasteiger partial charge < -0.3 is 9.94 Å². The molecule has 1 aromatic heterocycles. The van der Waals surface area contributed by atoms with E-state index in [4.69, 9.17) is 4.74 Å². The van der Waals surface area contributed by atoms with Crippen LogP contribution in [0.25, 0.3) is 17.0 Å². The van der Waals surface area contributed by atoms with Crippen LogP contribution in [0.5, 0.6) is 5.75 Å². The first-order valence-corrected chi connectivity index (χ1v) is 10.1. The fraction of sp³-hybridized carbons (Fsp3) is 0.400. The Balaban J connectivity index is 1.76. The molecule has 0 radical (unpaired) electrons. The molecule has 3 nitrogen and oxygen atoms in total. The molecule has 2 heterocycles. The molecule has 0 bridgehead atoms. The summed E-state index contributed by atoms with van der Waals surface area (Å²) in [6.45, 7) is 10.4. The lowest BCUT2D eigenvalue weighted by atomic mass is 9.93. The van der Waals surface area contributed by atoms with Gasteiger partial charge in [0.25, 0.3) is 0 Å². The van der Waals surface area contributed by atoms with Gasteiger partial charge in [0.2, 0.25) is 11.2 Å². The fourth-order valence-electron chi connectivity index (χ4n) is 3.72. The van der Waals surface area contributed by atoms with Crippen molar-refractivity contribution in [2.45, 2.75) is 65.9 Å². The van der Waals surface area contributed by atoms with Crippen LogP contribution in [0.1, 0.15) is 64.6 Å². The van der Waals surface area contributed by atoms with Crippen molar-refractivity contribution in [3.63, 3.8) is 0 Å². The van der Waals surface area contributed by atoms with E-state index in [1.165, 1.54) is 11.1 Å². The molecule has 1 atom stereocenters. The Hall–Kier alpha value is -2.55. The summed E-state index contributed by atoms with van der Waals surface area (Å²) < 4.78 is 7.37. The first kappa shape index (κ1) is 20.2. The molecule has 1 aliphatic heterocycles. The average Bonchev–Trinajstić information content (AvgIpc) is 2.65. The van der Waals surface area contributed by atoms with Crippen molar-refractivity contribution in [2.75, 3.05) is 0 Å². The molecule has 2 aromatic rings. The van der Waals surface area contributed by atoms with Crippen LogP contribution in [-0.4, -0.2) is 5.60 Å². The molecule has 3 rings (SSSR count). The third-order valence-corrected chi connectivity index (χ3v) is 5.45. The number of hydrogen-bond acceptors (Lipinski definition) is 2. The van der Waals surface area contributed by atoms with E-state index < -0.39 is 5.60 Å². The van der Waals surface area contributed by atoms with E-state index in [-0.39, 0.29) is 0 Å². The van der Waals surface area contributed by atoms with Crippen molar-refractivity contribution in [3.8, 4) is 5.75 Å². The monoisotopic (exact) mass is 377 g/mol. The first-order chi connectivity index (χ1) is 13.3. The number of nitrogens with zero attached hydrogens (tertiary/aromatic N) is 1. The Bertz CT molecular complexity index is 964. The lowest BCUT2D eigenvalue weighted by molar-refractivity contribution is -0.584. The van der Waals surface area contributed by atoms with E-state index in [1.54, 1.807) is 0 Å². The minimum absolute atomic E-state index is 0.399. The minimum Gasteiger partial charge on any atom is -0.618 e. The van der Waals surface area contributed by atoms with Crippen molar-refractivity contribution in [2.24, 2.45) is 0 Å². The zero-order valence-corrected chi connectivity index (χ0v) is 17.7. The molecule has 0 amide bonds. The van der Waals surface area contributed by atoms with E-state index >= 15 is 0 Å². The van der Waals surface area contributed by atoms with Gasteiger partial charge in [-0.05, 0) is 65.5 Å². The summed E-state index contributed by atoms with van der Waals surface area (Å²) in [4.78, 5) is 0. The van der Waals surface area contributed by atoms with Gasteiger partial charge in [-0.1, -0.05) is 41.5 Å². The van der Waals surface area contributed by atoms with Crippen LogP contribution >= 0.6 is 0 Å². The number of ether oxygens (including phenoxy) is 1. The maximum Gasteiger partial charge on any atom is 0.232 e. The van der Waals surface area contributed by atoms with Gasteiger partial charge in [0.05, 0.1) is 5.39 Å². The maximum atomic E-state index is 12.7. The summed E-state index contributed by atoms with van der Waals surface area (Å²) >= 11 is 0. The number of pyridine rings is 1. The van der Waals surface area contributed by atoms with Gasteiger partial charge in [-0.2, -0.15) is 4.73 Å². The third kappa shape index (κ3) is 4.30. The van der Waals surface area contributed by atoms with Crippen LogP contribution in [0.2, 0.25) is 0 Å². The van der Waals surface area contributed by atoms with Crippen LogP contribution < -0.4 is 9.47 Å². The maximum absolute atomic E-state index is 12.7. The van der Waals surface area contributed by atoms with Gasteiger partial charge in [-0.15, -0.1) is 0 Å². The van der Waals surface area contributed by atoms with E-state index in [9.17, 15) is 5.21 Å². The molecule has 0 aliphatic carbocycles. The summed E-state index contributed by atoms with van der Waals surface area (Å²) in [5.74, 6) is 0.711. The highest BCUT2D eigenvalue weighted by Crippen LogP contribution is 2.38.